The lowest BCUT2D eigenvalue weighted by atomic mass is 10.1. The molecule has 0 bridgehead atoms. The van der Waals surface area contributed by atoms with Crippen LogP contribution in [0.3, 0.4) is 0 Å². The number of carboxylic acids is 1. The average Bonchev–Trinajstić information content (AvgIpc) is 2.14. The van der Waals surface area contributed by atoms with Crippen molar-refractivity contribution in [1.82, 2.24) is 0 Å². The largest absolute Gasteiger partial charge is 0.481 e. The van der Waals surface area contributed by atoms with E-state index in [1.165, 1.54) is 6.07 Å². The third kappa shape index (κ3) is 3.52. The van der Waals surface area contributed by atoms with Crippen molar-refractivity contribution in [3.8, 4) is 0 Å². The average molecular weight is 322 g/mol. The Morgan fingerprint density at radius 3 is 2.59 bits per heavy atom. The SMILES string of the molecule is CS(=O)(=O)c1cccc(Br)c1C(N)CC(=O)O. The first-order valence-corrected chi connectivity index (χ1v) is 7.37. The van der Waals surface area contributed by atoms with Gasteiger partial charge in [0.05, 0.1) is 11.3 Å². The second-order valence-corrected chi connectivity index (χ2v) is 6.47. The van der Waals surface area contributed by atoms with Gasteiger partial charge >= 0.3 is 5.97 Å². The van der Waals surface area contributed by atoms with Gasteiger partial charge in [0.1, 0.15) is 0 Å². The summed E-state index contributed by atoms with van der Waals surface area (Å²) in [6.07, 6.45) is 0.733. The first-order chi connectivity index (χ1) is 7.73. The summed E-state index contributed by atoms with van der Waals surface area (Å²) >= 11 is 3.19. The summed E-state index contributed by atoms with van der Waals surface area (Å²) in [7, 11) is -3.44. The highest BCUT2D eigenvalue weighted by Crippen LogP contribution is 2.30. The minimum Gasteiger partial charge on any atom is -0.481 e. The van der Waals surface area contributed by atoms with Crippen LogP contribution >= 0.6 is 15.9 Å². The molecule has 7 heteroatoms. The highest BCUT2D eigenvalue weighted by atomic mass is 79.9. The minimum absolute atomic E-state index is 0.0561. The molecule has 0 heterocycles. The molecule has 1 atom stereocenters. The van der Waals surface area contributed by atoms with Crippen LogP contribution in [0, 0.1) is 0 Å². The van der Waals surface area contributed by atoms with Crippen LogP contribution in [0.15, 0.2) is 27.6 Å². The van der Waals surface area contributed by atoms with Crippen LogP contribution in [-0.4, -0.2) is 25.7 Å². The summed E-state index contributed by atoms with van der Waals surface area (Å²) < 4.78 is 23.6. The fourth-order valence-corrected chi connectivity index (χ4v) is 3.27. The van der Waals surface area contributed by atoms with Crippen molar-refractivity contribution in [2.45, 2.75) is 17.4 Å². The van der Waals surface area contributed by atoms with Gasteiger partial charge in [-0.2, -0.15) is 0 Å². The molecule has 1 aromatic rings. The molecule has 0 saturated heterocycles. The quantitative estimate of drug-likeness (QED) is 0.871. The number of hydrogen-bond donors (Lipinski definition) is 2. The molecule has 0 aromatic heterocycles. The zero-order valence-electron chi connectivity index (χ0n) is 9.05. The normalized spacial score (nSPS) is 13.4. The first kappa shape index (κ1) is 14.1. The standard InChI is InChI=1S/C10H12BrNO4S/c1-17(15,16)8-4-2-3-6(11)10(8)7(12)5-9(13)14/h2-4,7H,5,12H2,1H3,(H,13,14). The number of aliphatic carboxylic acids is 1. The summed E-state index contributed by atoms with van der Waals surface area (Å²) in [6, 6.07) is 3.74. The maximum atomic E-state index is 11.6. The van der Waals surface area contributed by atoms with Crippen LogP contribution in [0.1, 0.15) is 18.0 Å². The Morgan fingerprint density at radius 1 is 1.53 bits per heavy atom. The van der Waals surface area contributed by atoms with Crippen LogP contribution in [0.2, 0.25) is 0 Å². The summed E-state index contributed by atoms with van der Waals surface area (Å²) in [5, 5.41) is 8.69. The van der Waals surface area contributed by atoms with E-state index < -0.39 is 21.8 Å². The van der Waals surface area contributed by atoms with Gasteiger partial charge in [0.15, 0.2) is 9.84 Å². The molecule has 5 nitrogen and oxygen atoms in total. The third-order valence-corrected chi connectivity index (χ3v) is 4.02. The van der Waals surface area contributed by atoms with Gasteiger partial charge < -0.3 is 10.8 Å². The van der Waals surface area contributed by atoms with Crippen LogP contribution < -0.4 is 5.73 Å². The van der Waals surface area contributed by atoms with Gasteiger partial charge in [0.25, 0.3) is 0 Å². The Balaban J connectivity index is 3.35. The van der Waals surface area contributed by atoms with Crippen LogP contribution in [0.4, 0.5) is 0 Å². The fraction of sp³-hybridized carbons (Fsp3) is 0.300. The van der Waals surface area contributed by atoms with E-state index in [9.17, 15) is 13.2 Å². The summed E-state index contributed by atoms with van der Waals surface area (Å²) in [5.41, 5.74) is 6.02. The van der Waals surface area contributed by atoms with E-state index in [4.69, 9.17) is 10.8 Å². The summed E-state index contributed by atoms with van der Waals surface area (Å²) in [4.78, 5) is 10.7. The van der Waals surface area contributed by atoms with Gasteiger partial charge in [-0.3, -0.25) is 4.79 Å². The predicted molar refractivity (Wildman–Crippen MR) is 66.4 cm³/mol. The smallest absolute Gasteiger partial charge is 0.305 e. The Hall–Kier alpha value is -0.920. The number of benzene rings is 1. The van der Waals surface area contributed by atoms with Gasteiger partial charge in [0.2, 0.25) is 0 Å². The Morgan fingerprint density at radius 2 is 2.12 bits per heavy atom. The maximum absolute atomic E-state index is 11.6. The number of carbonyl (C=O) groups is 1. The fourth-order valence-electron chi connectivity index (χ4n) is 1.49. The monoisotopic (exact) mass is 321 g/mol. The van der Waals surface area contributed by atoms with Gasteiger partial charge in [0, 0.05) is 22.3 Å². The van der Waals surface area contributed by atoms with Crippen LogP contribution in [-0.2, 0) is 14.6 Å². The number of nitrogens with two attached hydrogens (primary N) is 1. The van der Waals surface area contributed by atoms with E-state index in [1.54, 1.807) is 12.1 Å². The van der Waals surface area contributed by atoms with Gasteiger partial charge in [-0.25, -0.2) is 8.42 Å². The Labute approximate surface area is 108 Å². The number of sulfone groups is 1. The molecular weight excluding hydrogens is 310 g/mol. The van der Waals surface area contributed by atoms with Crippen LogP contribution in [0.5, 0.6) is 0 Å². The van der Waals surface area contributed by atoms with E-state index in [0.29, 0.717) is 10.0 Å². The van der Waals surface area contributed by atoms with E-state index in [1.807, 2.05) is 0 Å². The van der Waals surface area contributed by atoms with E-state index in [0.717, 1.165) is 6.26 Å². The molecule has 0 aliphatic rings. The van der Waals surface area contributed by atoms with Crippen molar-refractivity contribution in [3.63, 3.8) is 0 Å². The highest BCUT2D eigenvalue weighted by molar-refractivity contribution is 9.10. The predicted octanol–water partition coefficient (Wildman–Crippen LogP) is 1.33. The molecule has 3 N–H and O–H groups in total. The molecule has 94 valence electrons. The van der Waals surface area contributed by atoms with Gasteiger partial charge in [-0.1, -0.05) is 22.0 Å². The van der Waals surface area contributed by atoms with Crippen molar-refractivity contribution in [2.24, 2.45) is 5.73 Å². The summed E-state index contributed by atoms with van der Waals surface area (Å²) in [5.74, 6) is -1.08. The maximum Gasteiger partial charge on any atom is 0.305 e. The van der Waals surface area contributed by atoms with Crippen molar-refractivity contribution >= 4 is 31.7 Å². The number of halogens is 1. The molecule has 0 aliphatic carbocycles. The molecule has 1 unspecified atom stereocenters. The van der Waals surface area contributed by atoms with Gasteiger partial charge in [-0.05, 0) is 12.1 Å². The lowest BCUT2D eigenvalue weighted by Gasteiger charge is -2.15. The van der Waals surface area contributed by atoms with Crippen molar-refractivity contribution in [1.29, 1.82) is 0 Å². The molecule has 0 radical (unpaired) electrons. The number of rotatable bonds is 4. The molecule has 17 heavy (non-hydrogen) atoms. The van der Waals surface area contributed by atoms with Crippen molar-refractivity contribution in [2.75, 3.05) is 6.26 Å². The van der Waals surface area contributed by atoms with E-state index in [-0.39, 0.29) is 11.3 Å². The number of carboxylic acid groups (broad SMARTS) is 1. The Bertz CT molecular complexity index is 541. The van der Waals surface area contributed by atoms with Crippen molar-refractivity contribution in [3.05, 3.63) is 28.2 Å². The molecule has 1 aromatic carbocycles. The van der Waals surface area contributed by atoms with Crippen LogP contribution in [0.25, 0.3) is 0 Å². The molecular formula is C10H12BrNO4S. The van der Waals surface area contributed by atoms with E-state index >= 15 is 0 Å². The summed E-state index contributed by atoms with van der Waals surface area (Å²) in [6.45, 7) is 0. The van der Waals surface area contributed by atoms with Crippen molar-refractivity contribution < 1.29 is 18.3 Å². The third-order valence-electron chi connectivity index (χ3n) is 2.18. The zero-order valence-corrected chi connectivity index (χ0v) is 11.5. The molecule has 1 rings (SSSR count). The number of hydrogen-bond acceptors (Lipinski definition) is 4. The lowest BCUT2D eigenvalue weighted by molar-refractivity contribution is -0.137. The van der Waals surface area contributed by atoms with E-state index in [2.05, 4.69) is 15.9 Å². The second kappa shape index (κ2) is 5.16. The molecule has 0 aliphatic heterocycles. The molecule has 0 amide bonds. The Kier molecular flexibility index (Phi) is 4.29. The zero-order chi connectivity index (χ0) is 13.2. The topological polar surface area (TPSA) is 97.5 Å². The minimum atomic E-state index is -3.44. The van der Waals surface area contributed by atoms with Gasteiger partial charge in [-0.15, -0.1) is 0 Å². The second-order valence-electron chi connectivity index (χ2n) is 3.63. The molecule has 0 fully saturated rings. The molecule has 0 saturated carbocycles. The molecule has 0 spiro atoms. The first-order valence-electron chi connectivity index (χ1n) is 4.69. The lowest BCUT2D eigenvalue weighted by Crippen LogP contribution is -2.18. The highest BCUT2D eigenvalue weighted by Gasteiger charge is 2.22.